The predicted molar refractivity (Wildman–Crippen MR) is 550 cm³/mol. The van der Waals surface area contributed by atoms with Gasteiger partial charge in [0.05, 0.1) is 48.8 Å². The maximum atomic E-state index is 12.8. The summed E-state index contributed by atoms with van der Waals surface area (Å²) in [5.74, 6) is 13.2. The van der Waals surface area contributed by atoms with Gasteiger partial charge < -0.3 is 79.8 Å². The molecule has 8 unspecified atom stereocenters. The monoisotopic (exact) mass is 2070 g/mol. The van der Waals surface area contributed by atoms with E-state index in [-0.39, 0.29) is 172 Å². The van der Waals surface area contributed by atoms with E-state index in [2.05, 4.69) is 214 Å². The van der Waals surface area contributed by atoms with Crippen molar-refractivity contribution in [3.05, 3.63) is 259 Å². The highest BCUT2D eigenvalue weighted by Crippen LogP contribution is 2.54. The summed E-state index contributed by atoms with van der Waals surface area (Å²) < 4.78 is 88.7. The molecule has 11 heterocycles. The summed E-state index contributed by atoms with van der Waals surface area (Å²) in [6.45, 7) is 71.6. The van der Waals surface area contributed by atoms with Gasteiger partial charge in [0.25, 0.3) is 62.2 Å². The molecule has 4 aliphatic rings. The maximum absolute atomic E-state index is 12.8. The molecule has 774 valence electrons. The molecule has 0 spiro atoms. The molecule has 40 nitrogen and oxygen atoms in total. The number of carbonyl (C=O) groups excluding carboxylic acids is 1. The van der Waals surface area contributed by atoms with Crippen LogP contribution in [0.25, 0.3) is 19.4 Å². The number of terminal acetylenes is 1. The van der Waals surface area contributed by atoms with Gasteiger partial charge in [-0.25, -0.2) is 64.1 Å². The van der Waals surface area contributed by atoms with E-state index < -0.39 is 116 Å². The minimum Gasteiger partial charge on any atom is -0.352 e. The summed E-state index contributed by atoms with van der Waals surface area (Å²) >= 11 is 1.52. The average Bonchev–Trinajstić information content (AvgIpc) is 1.73. The average molecular weight is 2070 g/mol. The van der Waals surface area contributed by atoms with Gasteiger partial charge in [-0.1, -0.05) is 57.3 Å². The van der Waals surface area contributed by atoms with Crippen LogP contribution >= 0.6 is 45.4 Å². The fraction of sp³-hybridized carbons (Fsp3) is 0.582. The van der Waals surface area contributed by atoms with Gasteiger partial charge in [0, 0.05) is 147 Å². The number of nitrogens with zero attached hydrogens (tertiary/aromatic N) is 14. The van der Waals surface area contributed by atoms with Crippen molar-refractivity contribution in [2.24, 2.45) is 0 Å². The molecule has 143 heavy (non-hydrogen) atoms. The van der Waals surface area contributed by atoms with Gasteiger partial charge in [0.1, 0.15) is 73.6 Å². The lowest BCUT2D eigenvalue weighted by Gasteiger charge is -2.37. The van der Waals surface area contributed by atoms with Crippen LogP contribution in [0.5, 0.6) is 0 Å². The highest BCUT2D eigenvalue weighted by atomic mass is 32.1. The number of carbonyl (C=O) groups is 1. The Morgan fingerprint density at radius 1 is 0.448 bits per heavy atom. The topological polar surface area (TPSA) is 415 Å². The van der Waals surface area contributed by atoms with Crippen LogP contribution in [0, 0.1) is 62.3 Å². The van der Waals surface area contributed by atoms with E-state index in [1.807, 2.05) is 44.5 Å². The number of rotatable bonds is 43. The zero-order chi connectivity index (χ0) is 105. The first kappa shape index (κ1) is 118. The fourth-order valence-corrected chi connectivity index (χ4v) is 23.7. The molecule has 4 aliphatic heterocycles. The molecular formula is C98H135N19O21P4S. The lowest BCUT2D eigenvalue weighted by atomic mass is 10.1. The molecule has 0 radical (unpaired) electrons. The zero-order valence-electron chi connectivity index (χ0n) is 84.8. The predicted octanol–water partition coefficient (Wildman–Crippen LogP) is 14.2. The van der Waals surface area contributed by atoms with Crippen LogP contribution in [0.4, 0.5) is 0 Å². The number of pyridine rings is 2. The molecule has 45 heteroatoms. The van der Waals surface area contributed by atoms with Crippen molar-refractivity contribution in [1.82, 2.24) is 72.2 Å². The Kier molecular flexibility index (Phi) is 49.2. The third-order valence-corrected chi connectivity index (χ3v) is 31.7. The van der Waals surface area contributed by atoms with E-state index in [4.69, 9.17) is 87.8 Å². The minimum absolute atomic E-state index is 0.0659. The number of aromatic amines is 4. The van der Waals surface area contributed by atoms with E-state index in [0.717, 1.165) is 11.1 Å². The lowest BCUT2D eigenvalue weighted by molar-refractivity contribution is -0.0201. The first-order valence-electron chi connectivity index (χ1n) is 47.9. The van der Waals surface area contributed by atoms with Crippen LogP contribution in [-0.2, 0) is 61.7 Å². The highest BCUT2D eigenvalue weighted by Gasteiger charge is 2.46. The van der Waals surface area contributed by atoms with Crippen LogP contribution < -0.4 is 50.3 Å². The molecule has 4 saturated heterocycles. The van der Waals surface area contributed by atoms with Crippen LogP contribution in [0.2, 0.25) is 0 Å². The smallest absolute Gasteiger partial charge is 0.330 e. The third-order valence-electron chi connectivity index (χ3n) is 22.4. The summed E-state index contributed by atoms with van der Waals surface area (Å²) in [5.41, 5.74) is -2.34. The van der Waals surface area contributed by atoms with Crippen molar-refractivity contribution < 1.29 is 59.9 Å². The second-order valence-electron chi connectivity index (χ2n) is 35.5. The molecule has 4 fully saturated rings. The first-order chi connectivity index (χ1) is 68.4. The van der Waals surface area contributed by atoms with Gasteiger partial charge in [-0.2, -0.15) is 11.3 Å². The third kappa shape index (κ3) is 34.5. The Morgan fingerprint density at radius 3 is 1.06 bits per heavy atom. The van der Waals surface area contributed by atoms with Crippen molar-refractivity contribution in [2.45, 2.75) is 318 Å². The molecule has 1 amide bonds. The summed E-state index contributed by atoms with van der Waals surface area (Å²) in [6.07, 6.45) is 16.4. The van der Waals surface area contributed by atoms with E-state index >= 15 is 0 Å². The Hall–Kier alpha value is -10.1. The van der Waals surface area contributed by atoms with Crippen LogP contribution in [0.15, 0.2) is 129 Å². The van der Waals surface area contributed by atoms with Gasteiger partial charge in [-0.3, -0.25) is 72.1 Å². The van der Waals surface area contributed by atoms with E-state index in [9.17, 15) is 43.2 Å². The number of H-pyrrole nitrogens is 4. The number of amides is 1. The maximum Gasteiger partial charge on any atom is 0.330 e. The largest absolute Gasteiger partial charge is 0.352 e. The molecule has 0 bridgehead atoms. The number of aromatic nitrogens is 10. The van der Waals surface area contributed by atoms with E-state index in [1.54, 1.807) is 49.1 Å². The van der Waals surface area contributed by atoms with Crippen LogP contribution in [0.1, 0.15) is 258 Å². The quantitative estimate of drug-likeness (QED) is 0.0103. The standard InChI is InChI=1S/C26H37N6O6P.C26H34N5O5P.C25H33N4O5PS.C21H31N4O5P/c1-7-21-22(38-39(36-13-12-27-6)32(17(2)3)18(4)5)14-23(37-21)31-16-20(25(34)30-26(31)35)24(33)29-15-19-8-10-28-11-9-19;1-7-22-23(36-37(34-14-13-27-6)31(18(2)3)19(4)5)15-24(35-22)30-17-21(25(32)29-26(30)33)11-10-20-9-8-12-28-16-20;1-7-21-22(34-35(32-12-11-26-6)29(17(2)3)18(4)5)14-23(33-21)28-15-20(24(30)27-25(28)31)9-8-19-10-13-36-16-19;1-8-16-13-24(21(27)23-20(16)26)19-12-18(17(9-2)29-19)30-31(28-11-10-22-7)25(14(3)4)15(5)6/h8-11,16-18,21-23H,7,12-15H2,1-5H3,(H,29,33)(H,30,34,35);8-9,12,16-19,22-24H,7,13-15H2,1-5H3,(H,29,32,33);10,13,15-18,21-23H,7,11-12,14H2,1-5H3,(H,27,30,31);1,13-15,17-19H,9-12H2,2-6H3,(H,23,26,27)/t21-,22?,23-,39?;22-,23?,24-,37?;21-,22?,23-,35?;17-,18?,19-,31?/m1111/s1. The minimum atomic E-state index is -1.51. The summed E-state index contributed by atoms with van der Waals surface area (Å²) in [7, 11) is -5.85. The molecule has 7 aromatic heterocycles. The van der Waals surface area contributed by atoms with Gasteiger partial charge in [0.15, 0.2) is 0 Å². The zero-order valence-corrected chi connectivity index (χ0v) is 89.2. The molecule has 5 N–H and O–H groups in total. The lowest BCUT2D eigenvalue weighted by Crippen LogP contribution is -2.38. The van der Waals surface area contributed by atoms with Crippen molar-refractivity contribution in [2.75, 3.05) is 52.6 Å². The Morgan fingerprint density at radius 2 is 0.762 bits per heavy atom. The highest BCUT2D eigenvalue weighted by molar-refractivity contribution is 7.45. The fourth-order valence-electron chi connectivity index (χ4n) is 16.1. The van der Waals surface area contributed by atoms with Crippen molar-refractivity contribution in [3.63, 3.8) is 0 Å². The molecule has 0 aliphatic carbocycles. The Balaban J connectivity index is 0.000000234. The van der Waals surface area contributed by atoms with Gasteiger partial charge >= 0.3 is 22.8 Å². The number of hydrogen-bond donors (Lipinski definition) is 5. The van der Waals surface area contributed by atoms with Crippen molar-refractivity contribution in [3.8, 4) is 36.0 Å². The molecule has 0 aromatic carbocycles. The number of ether oxygens (including phenoxy) is 4. The molecule has 0 saturated carbocycles. The van der Waals surface area contributed by atoms with Gasteiger partial charge in [-0.15, -0.1) is 6.42 Å². The van der Waals surface area contributed by atoms with E-state index in [0.29, 0.717) is 56.9 Å². The molecular weight excluding hydrogens is 1940 g/mol. The SMILES string of the molecule is [C-]#[N+]CCOP(OC1C[C@H](n2cc(C#C)c(=O)[nH]c2=O)O[C@@H]1CC)N(C(C)C)C(C)C.[C-]#[N+]CCOP(OC1C[C@H](n2cc(C#Cc3cccnc3)c(=O)[nH]c2=O)O[C@@H]1CC)N(C(C)C)C(C)C.[C-]#[N+]CCOP(OC1C[C@H](n2cc(C#Cc3ccsc3)c(=O)[nH]c2=O)O[C@@H]1CC)N(C(C)C)C(C)C.[C-]#[N+]CCOP(OC1C[C@H](n2cc(C(=O)NCc3ccncc3)c(=O)[nH]c2=O)O[C@@H]1CC)N(C(C)C)C(C)C. The summed E-state index contributed by atoms with van der Waals surface area (Å²) in [4.78, 5) is 143. The molecule has 11 rings (SSSR count). The second-order valence-corrected chi connectivity index (χ2v) is 41.9. The van der Waals surface area contributed by atoms with Gasteiger partial charge in [0.2, 0.25) is 26.2 Å². The first-order valence-corrected chi connectivity index (χ1v) is 53.3. The van der Waals surface area contributed by atoms with Gasteiger partial charge in [-0.05, 0) is 178 Å². The number of nitrogens with one attached hydrogen (secondary N) is 5. The second kappa shape index (κ2) is 59.5. The van der Waals surface area contributed by atoms with Crippen molar-refractivity contribution in [1.29, 1.82) is 0 Å². The molecule has 16 atom stereocenters. The van der Waals surface area contributed by atoms with Crippen LogP contribution in [-0.4, -0.2) is 223 Å². The number of thiophene rings is 1. The molecule has 7 aromatic rings. The normalized spacial score (nSPS) is 20.6. The van der Waals surface area contributed by atoms with E-state index in [1.165, 1.54) is 54.4 Å². The Labute approximate surface area is 844 Å². The summed E-state index contributed by atoms with van der Waals surface area (Å²) in [5, 5.41) is 6.50. The Bertz CT molecular complexity index is 6050. The number of hydrogen-bond acceptors (Lipinski definition) is 28. The van der Waals surface area contributed by atoms with Crippen LogP contribution in [0.3, 0.4) is 0 Å². The summed E-state index contributed by atoms with van der Waals surface area (Å²) in [6, 6.07) is 10.2. The van der Waals surface area contributed by atoms with Crippen molar-refractivity contribution >= 4 is 51.3 Å².